The largest absolute Gasteiger partial charge is 0.508 e. The first kappa shape index (κ1) is 25.5. The van der Waals surface area contributed by atoms with Crippen LogP contribution < -0.4 is 10.0 Å². The van der Waals surface area contributed by atoms with Gasteiger partial charge in [0.05, 0.1) is 10.4 Å². The summed E-state index contributed by atoms with van der Waals surface area (Å²) in [6.07, 6.45) is 2.35. The van der Waals surface area contributed by atoms with Gasteiger partial charge < -0.3 is 15.3 Å². The number of aryl methyl sites for hydroxylation is 1. The summed E-state index contributed by atoms with van der Waals surface area (Å²) in [4.78, 5) is 7.09. The molecule has 2 heterocycles. The molecule has 4 aromatic rings. The first-order chi connectivity index (χ1) is 17.8. The van der Waals surface area contributed by atoms with E-state index in [1.165, 1.54) is 12.8 Å². The van der Waals surface area contributed by atoms with E-state index in [1.807, 2.05) is 19.1 Å². The Bertz CT molecular complexity index is 1540. The van der Waals surface area contributed by atoms with Crippen molar-refractivity contribution in [3.05, 3.63) is 64.6 Å². The maximum atomic E-state index is 12.6. The molecular formula is C26H27BrN6O3S. The van der Waals surface area contributed by atoms with Crippen LogP contribution in [0.25, 0.3) is 22.2 Å². The van der Waals surface area contributed by atoms with Crippen molar-refractivity contribution in [1.29, 1.82) is 0 Å². The summed E-state index contributed by atoms with van der Waals surface area (Å²) in [6, 6.07) is 15.4. The van der Waals surface area contributed by atoms with Crippen LogP contribution in [0.2, 0.25) is 0 Å². The Balaban J connectivity index is 1.29. The molecule has 0 atom stereocenters. The number of benzene rings is 3. The van der Waals surface area contributed by atoms with Crippen LogP contribution >= 0.6 is 15.9 Å². The zero-order valence-electron chi connectivity index (χ0n) is 20.3. The highest BCUT2D eigenvalue weighted by molar-refractivity contribution is 9.10. The lowest BCUT2D eigenvalue weighted by atomic mass is 10.0. The van der Waals surface area contributed by atoms with Crippen LogP contribution in [-0.2, 0) is 10.0 Å². The number of phenols is 1. The predicted molar refractivity (Wildman–Crippen MR) is 147 cm³/mol. The molecule has 3 aromatic carbocycles. The standard InChI is InChI=1S/C26H27BrN6O3S/c1-17-14-18(22-16-20(34)6-9-23(22)27)15-24-25(17)30-26(32-31-24)29-19-4-7-21(8-5-19)37(35,36)28-10-13-33-11-2-3-12-33/h4-9,14-16,28,34H,2-3,10-13H2,1H3,(H,29,30,32). The fourth-order valence-corrected chi connectivity index (χ4v) is 5.93. The molecule has 5 rings (SSSR count). The van der Waals surface area contributed by atoms with Crippen molar-refractivity contribution in [3.8, 4) is 16.9 Å². The maximum absolute atomic E-state index is 12.6. The minimum atomic E-state index is -3.58. The number of likely N-dealkylation sites (tertiary alicyclic amines) is 1. The molecule has 1 aromatic heterocycles. The summed E-state index contributed by atoms with van der Waals surface area (Å²) >= 11 is 3.53. The molecule has 192 valence electrons. The molecule has 0 aliphatic carbocycles. The Morgan fingerprint density at radius 1 is 1.03 bits per heavy atom. The summed E-state index contributed by atoms with van der Waals surface area (Å²) < 4.78 is 28.8. The van der Waals surface area contributed by atoms with Crippen molar-refractivity contribution >= 4 is 48.6 Å². The number of anilines is 2. The minimum Gasteiger partial charge on any atom is -0.508 e. The zero-order valence-corrected chi connectivity index (χ0v) is 22.7. The molecule has 0 amide bonds. The fraction of sp³-hybridized carbons (Fsp3) is 0.269. The highest BCUT2D eigenvalue weighted by Gasteiger charge is 2.16. The number of aromatic nitrogens is 3. The molecule has 0 unspecified atom stereocenters. The van der Waals surface area contributed by atoms with Crippen LogP contribution in [0.3, 0.4) is 0 Å². The molecule has 1 saturated heterocycles. The Kier molecular flexibility index (Phi) is 7.38. The second-order valence-corrected chi connectivity index (χ2v) is 11.7. The van der Waals surface area contributed by atoms with E-state index < -0.39 is 10.0 Å². The van der Waals surface area contributed by atoms with Gasteiger partial charge in [0.2, 0.25) is 16.0 Å². The number of hydrogen-bond acceptors (Lipinski definition) is 8. The van der Waals surface area contributed by atoms with E-state index in [9.17, 15) is 13.5 Å². The van der Waals surface area contributed by atoms with Gasteiger partial charge in [-0.25, -0.2) is 18.1 Å². The molecule has 1 aliphatic heterocycles. The van der Waals surface area contributed by atoms with Gasteiger partial charge in [0, 0.05) is 23.2 Å². The number of aromatic hydroxyl groups is 1. The fourth-order valence-electron chi connectivity index (χ4n) is 4.43. The summed E-state index contributed by atoms with van der Waals surface area (Å²) in [6.45, 7) is 5.12. The van der Waals surface area contributed by atoms with E-state index in [0.717, 1.165) is 40.8 Å². The highest BCUT2D eigenvalue weighted by atomic mass is 79.9. The maximum Gasteiger partial charge on any atom is 0.247 e. The van der Waals surface area contributed by atoms with Crippen LogP contribution in [-0.4, -0.2) is 59.8 Å². The average Bonchev–Trinajstić information content (AvgIpc) is 3.39. The Labute approximate surface area is 224 Å². The predicted octanol–water partition coefficient (Wildman–Crippen LogP) is 4.59. The smallest absolute Gasteiger partial charge is 0.247 e. The molecule has 11 heteroatoms. The first-order valence-corrected chi connectivity index (χ1v) is 14.3. The van der Waals surface area contributed by atoms with Crippen LogP contribution in [0, 0.1) is 6.92 Å². The van der Waals surface area contributed by atoms with Gasteiger partial charge in [-0.2, -0.15) is 0 Å². The highest BCUT2D eigenvalue weighted by Crippen LogP contribution is 2.34. The molecule has 1 aliphatic rings. The van der Waals surface area contributed by atoms with E-state index >= 15 is 0 Å². The van der Waals surface area contributed by atoms with Crippen molar-refractivity contribution in [2.75, 3.05) is 31.5 Å². The number of rotatable bonds is 8. The van der Waals surface area contributed by atoms with Crippen LogP contribution in [0.4, 0.5) is 11.6 Å². The zero-order chi connectivity index (χ0) is 26.0. The average molecular weight is 584 g/mol. The number of nitrogens with one attached hydrogen (secondary N) is 2. The molecular weight excluding hydrogens is 556 g/mol. The lowest BCUT2D eigenvalue weighted by Crippen LogP contribution is -2.33. The van der Waals surface area contributed by atoms with Crippen LogP contribution in [0.15, 0.2) is 64.0 Å². The number of hydrogen-bond donors (Lipinski definition) is 3. The third-order valence-corrected chi connectivity index (χ3v) is 8.52. The van der Waals surface area contributed by atoms with Crippen molar-refractivity contribution in [1.82, 2.24) is 24.8 Å². The Hall–Kier alpha value is -3.12. The van der Waals surface area contributed by atoms with Crippen molar-refractivity contribution in [2.24, 2.45) is 0 Å². The molecule has 0 spiro atoms. The number of nitrogens with zero attached hydrogens (tertiary/aromatic N) is 4. The Morgan fingerprint density at radius 2 is 1.78 bits per heavy atom. The summed E-state index contributed by atoms with van der Waals surface area (Å²) in [7, 11) is -3.58. The molecule has 0 saturated carbocycles. The first-order valence-electron chi connectivity index (χ1n) is 12.0. The van der Waals surface area contributed by atoms with Gasteiger partial charge in [-0.1, -0.05) is 15.9 Å². The number of fused-ring (bicyclic) bond motifs is 1. The molecule has 3 N–H and O–H groups in total. The van der Waals surface area contributed by atoms with E-state index in [4.69, 9.17) is 0 Å². The van der Waals surface area contributed by atoms with E-state index in [1.54, 1.807) is 42.5 Å². The second-order valence-electron chi connectivity index (χ2n) is 9.06. The van der Waals surface area contributed by atoms with E-state index in [-0.39, 0.29) is 10.6 Å². The molecule has 0 radical (unpaired) electrons. The van der Waals surface area contributed by atoms with E-state index in [0.29, 0.717) is 29.2 Å². The normalized spacial score (nSPS) is 14.3. The lowest BCUT2D eigenvalue weighted by Gasteiger charge is -2.15. The van der Waals surface area contributed by atoms with Gasteiger partial charge in [-0.3, -0.25) is 0 Å². The summed E-state index contributed by atoms with van der Waals surface area (Å²) in [5, 5.41) is 21.5. The molecule has 9 nitrogen and oxygen atoms in total. The van der Waals surface area contributed by atoms with Gasteiger partial charge in [0.15, 0.2) is 0 Å². The third-order valence-electron chi connectivity index (χ3n) is 6.35. The van der Waals surface area contributed by atoms with E-state index in [2.05, 4.69) is 46.1 Å². The molecule has 0 bridgehead atoms. The minimum absolute atomic E-state index is 0.177. The van der Waals surface area contributed by atoms with Crippen LogP contribution in [0.1, 0.15) is 18.4 Å². The van der Waals surface area contributed by atoms with Crippen molar-refractivity contribution < 1.29 is 13.5 Å². The van der Waals surface area contributed by atoms with Gasteiger partial charge in [-0.05, 0) is 104 Å². The quantitative estimate of drug-likeness (QED) is 0.276. The van der Waals surface area contributed by atoms with Crippen molar-refractivity contribution in [2.45, 2.75) is 24.7 Å². The third kappa shape index (κ3) is 5.90. The Morgan fingerprint density at radius 3 is 2.54 bits per heavy atom. The van der Waals surface area contributed by atoms with Crippen LogP contribution in [0.5, 0.6) is 5.75 Å². The number of halogens is 1. The van der Waals surface area contributed by atoms with Gasteiger partial charge in [0.1, 0.15) is 11.3 Å². The van der Waals surface area contributed by atoms with Gasteiger partial charge in [0.25, 0.3) is 0 Å². The van der Waals surface area contributed by atoms with Gasteiger partial charge in [-0.15, -0.1) is 10.2 Å². The summed E-state index contributed by atoms with van der Waals surface area (Å²) in [5.74, 6) is 0.484. The monoisotopic (exact) mass is 582 g/mol. The van der Waals surface area contributed by atoms with Gasteiger partial charge >= 0.3 is 0 Å². The SMILES string of the molecule is Cc1cc(-c2cc(O)ccc2Br)cc2nnc(Nc3ccc(S(=O)(=O)NCCN4CCCC4)cc3)nc12. The number of sulfonamides is 1. The molecule has 1 fully saturated rings. The second kappa shape index (κ2) is 10.7. The lowest BCUT2D eigenvalue weighted by molar-refractivity contribution is 0.344. The molecule has 37 heavy (non-hydrogen) atoms. The number of phenolic OH excluding ortho intramolecular Hbond substituents is 1. The topological polar surface area (TPSA) is 120 Å². The van der Waals surface area contributed by atoms with Crippen molar-refractivity contribution in [3.63, 3.8) is 0 Å². The summed E-state index contributed by atoms with van der Waals surface area (Å²) in [5.41, 5.74) is 4.60.